The van der Waals surface area contributed by atoms with Gasteiger partial charge in [-0.05, 0) is 55.7 Å². The van der Waals surface area contributed by atoms with Crippen molar-refractivity contribution in [2.24, 2.45) is 0 Å². The third kappa shape index (κ3) is 5.40. The fourth-order valence-electron chi connectivity index (χ4n) is 4.66. The van der Waals surface area contributed by atoms with E-state index in [0.29, 0.717) is 36.2 Å². The molecule has 4 aromatic rings. The van der Waals surface area contributed by atoms with E-state index in [-0.39, 0.29) is 30.5 Å². The Morgan fingerprint density at radius 1 is 1.34 bits per heavy atom. The number of hydrogen-bond acceptors (Lipinski definition) is 8. The van der Waals surface area contributed by atoms with Crippen molar-refractivity contribution in [1.82, 2.24) is 24.8 Å². The van der Waals surface area contributed by atoms with Crippen LogP contribution in [0.2, 0.25) is 0 Å². The Bertz CT molecular complexity index is 1440. The molecule has 2 atom stereocenters. The van der Waals surface area contributed by atoms with Crippen molar-refractivity contribution in [3.63, 3.8) is 0 Å². The van der Waals surface area contributed by atoms with Gasteiger partial charge in [-0.1, -0.05) is 12.6 Å². The highest BCUT2D eigenvalue weighted by Gasteiger charge is 2.29. The molecular weight excluding hydrogens is 504 g/mol. The third-order valence-electron chi connectivity index (χ3n) is 6.70. The predicted molar refractivity (Wildman–Crippen MR) is 146 cm³/mol. The van der Waals surface area contributed by atoms with Gasteiger partial charge in [-0.3, -0.25) is 14.9 Å². The minimum atomic E-state index is -0.276. The number of hydrogen-bond donors (Lipinski definition) is 3. The van der Waals surface area contributed by atoms with Gasteiger partial charge in [-0.15, -0.1) is 11.3 Å². The van der Waals surface area contributed by atoms with Crippen molar-refractivity contribution in [2.45, 2.75) is 44.9 Å². The molecule has 0 radical (unpaired) electrons. The van der Waals surface area contributed by atoms with E-state index in [1.54, 1.807) is 12.3 Å². The number of fused-ring (bicyclic) bond motifs is 1. The summed E-state index contributed by atoms with van der Waals surface area (Å²) < 4.78 is 7.33. The molecule has 11 heteroatoms. The molecule has 1 fully saturated rings. The van der Waals surface area contributed by atoms with Crippen LogP contribution in [0.25, 0.3) is 21.7 Å². The van der Waals surface area contributed by atoms with E-state index in [2.05, 4.69) is 22.2 Å². The maximum Gasteiger partial charge on any atom is 0.268 e. The molecule has 0 saturated carbocycles. The molecule has 3 N–H and O–H groups in total. The van der Waals surface area contributed by atoms with E-state index in [1.165, 1.54) is 23.8 Å². The average Bonchev–Trinajstić information content (AvgIpc) is 3.74. The number of rotatable bonds is 10. The maximum atomic E-state index is 13.2. The first kappa shape index (κ1) is 25.8. The highest BCUT2D eigenvalue weighted by atomic mass is 32.1. The zero-order valence-electron chi connectivity index (χ0n) is 21.1. The quantitative estimate of drug-likeness (QED) is 0.265. The lowest BCUT2D eigenvalue weighted by molar-refractivity contribution is -0.126. The van der Waals surface area contributed by atoms with Gasteiger partial charge in [0.15, 0.2) is 12.2 Å². The summed E-state index contributed by atoms with van der Waals surface area (Å²) in [4.78, 5) is 37.6. The zero-order valence-corrected chi connectivity index (χ0v) is 21.9. The molecule has 1 saturated heterocycles. The van der Waals surface area contributed by atoms with Crippen LogP contribution in [0, 0.1) is 0 Å². The number of carbonyl (C=O) groups excluding carboxylic acids is 2. The molecule has 2 amide bonds. The van der Waals surface area contributed by atoms with Gasteiger partial charge in [0.2, 0.25) is 11.9 Å². The monoisotopic (exact) mass is 534 g/mol. The highest BCUT2D eigenvalue weighted by molar-refractivity contribution is 7.17. The van der Waals surface area contributed by atoms with Gasteiger partial charge < -0.3 is 24.3 Å². The number of aliphatic hydroxyl groups is 1. The first-order valence-electron chi connectivity index (χ1n) is 12.5. The van der Waals surface area contributed by atoms with Crippen molar-refractivity contribution < 1.29 is 19.1 Å². The van der Waals surface area contributed by atoms with Gasteiger partial charge in [0, 0.05) is 25.7 Å². The number of anilines is 1. The van der Waals surface area contributed by atoms with Gasteiger partial charge in [0.1, 0.15) is 0 Å². The lowest BCUT2D eigenvalue weighted by Crippen LogP contribution is -2.37. The van der Waals surface area contributed by atoms with Gasteiger partial charge in [-0.2, -0.15) is 0 Å². The SMILES string of the molecule is C=CC(=O)N1CCC[C@@H]1Cn1c(NC(=O)c2ccc(-c3cnco3)s2)nc2cc(CN[C@H](C)CO)ccc21. The summed E-state index contributed by atoms with van der Waals surface area (Å²) in [7, 11) is 0. The number of nitrogens with zero attached hydrogens (tertiary/aromatic N) is 4. The van der Waals surface area contributed by atoms with Crippen LogP contribution in [0.3, 0.4) is 0 Å². The average molecular weight is 535 g/mol. The van der Waals surface area contributed by atoms with Crippen LogP contribution in [0.15, 0.2) is 60.0 Å². The molecule has 1 aliphatic rings. The number of imidazole rings is 1. The second kappa shape index (κ2) is 11.3. The Hall–Kier alpha value is -3.80. The largest absolute Gasteiger partial charge is 0.443 e. The molecule has 1 aromatic carbocycles. The lowest BCUT2D eigenvalue weighted by atomic mass is 10.1. The first-order chi connectivity index (χ1) is 18.5. The molecule has 0 aliphatic carbocycles. The van der Waals surface area contributed by atoms with Crippen LogP contribution in [0.4, 0.5) is 5.95 Å². The van der Waals surface area contributed by atoms with Gasteiger partial charge in [-0.25, -0.2) is 9.97 Å². The van der Waals surface area contributed by atoms with E-state index >= 15 is 0 Å². The molecule has 0 spiro atoms. The second-order valence-electron chi connectivity index (χ2n) is 9.35. The van der Waals surface area contributed by atoms with Crippen molar-refractivity contribution in [3.8, 4) is 10.6 Å². The van der Waals surface area contributed by atoms with Crippen LogP contribution in [0.5, 0.6) is 0 Å². The Morgan fingerprint density at radius 2 is 2.21 bits per heavy atom. The number of carbonyl (C=O) groups is 2. The van der Waals surface area contributed by atoms with E-state index in [0.717, 1.165) is 34.3 Å². The normalized spacial score (nSPS) is 16.2. The van der Waals surface area contributed by atoms with E-state index in [9.17, 15) is 14.7 Å². The first-order valence-corrected chi connectivity index (χ1v) is 13.3. The molecule has 1 aliphatic heterocycles. The standard InChI is InChI=1S/C27H30N6O4S/c1-3-25(35)32-10-4-5-19(32)14-33-21-7-6-18(12-29-17(2)15-34)11-20(21)30-27(33)31-26(36)24-9-8-23(38-24)22-13-28-16-37-22/h3,6-9,11,13,16-17,19,29,34H,1,4-5,10,12,14-15H2,2H3,(H,30,31,36)/t17-,19-/m1/s1. The second-order valence-corrected chi connectivity index (χ2v) is 10.4. The van der Waals surface area contributed by atoms with Crippen LogP contribution in [0.1, 0.15) is 35.0 Å². The van der Waals surface area contributed by atoms with Gasteiger partial charge >= 0.3 is 0 Å². The molecule has 0 unspecified atom stereocenters. The minimum Gasteiger partial charge on any atom is -0.443 e. The lowest BCUT2D eigenvalue weighted by Gasteiger charge is -2.24. The summed E-state index contributed by atoms with van der Waals surface area (Å²) >= 11 is 1.31. The number of nitrogens with one attached hydrogen (secondary N) is 2. The van der Waals surface area contributed by atoms with E-state index < -0.39 is 0 Å². The zero-order chi connectivity index (χ0) is 26.6. The summed E-state index contributed by atoms with van der Waals surface area (Å²) in [5, 5.41) is 15.6. The smallest absolute Gasteiger partial charge is 0.268 e. The summed E-state index contributed by atoms with van der Waals surface area (Å²) in [5.41, 5.74) is 2.62. The molecule has 0 bridgehead atoms. The number of thiophene rings is 1. The number of aromatic nitrogens is 3. The number of benzene rings is 1. The summed E-state index contributed by atoms with van der Waals surface area (Å²) in [6.45, 7) is 7.37. The van der Waals surface area contributed by atoms with Crippen molar-refractivity contribution in [2.75, 3.05) is 18.5 Å². The highest BCUT2D eigenvalue weighted by Crippen LogP contribution is 2.30. The van der Waals surface area contributed by atoms with Crippen LogP contribution < -0.4 is 10.6 Å². The Balaban J connectivity index is 1.45. The molecular formula is C27H30N6O4S. The summed E-state index contributed by atoms with van der Waals surface area (Å²) in [6.07, 6.45) is 6.09. The molecule has 3 aromatic heterocycles. The number of oxazole rings is 1. The Morgan fingerprint density at radius 3 is 2.97 bits per heavy atom. The van der Waals surface area contributed by atoms with Gasteiger partial charge in [0.05, 0.1) is 39.6 Å². The van der Waals surface area contributed by atoms with Crippen LogP contribution in [-0.2, 0) is 17.9 Å². The fourth-order valence-corrected chi connectivity index (χ4v) is 5.51. The molecule has 5 rings (SSSR count). The van der Waals surface area contributed by atoms with Crippen LogP contribution >= 0.6 is 11.3 Å². The number of amides is 2. The minimum absolute atomic E-state index is 0.0264. The van der Waals surface area contributed by atoms with Crippen molar-refractivity contribution in [3.05, 3.63) is 66.0 Å². The number of likely N-dealkylation sites (tertiary alicyclic amines) is 1. The topological polar surface area (TPSA) is 126 Å². The number of aliphatic hydroxyl groups excluding tert-OH is 1. The van der Waals surface area contributed by atoms with Crippen molar-refractivity contribution >= 4 is 40.1 Å². The maximum absolute atomic E-state index is 13.2. The summed E-state index contributed by atoms with van der Waals surface area (Å²) in [5.74, 6) is 0.659. The van der Waals surface area contributed by atoms with E-state index in [4.69, 9.17) is 9.40 Å². The Labute approximate surface area is 224 Å². The third-order valence-corrected chi connectivity index (χ3v) is 7.80. The predicted octanol–water partition coefficient (Wildman–Crippen LogP) is 3.65. The van der Waals surface area contributed by atoms with E-state index in [1.807, 2.05) is 40.7 Å². The van der Waals surface area contributed by atoms with Crippen LogP contribution in [-0.4, -0.2) is 61.6 Å². The van der Waals surface area contributed by atoms with Gasteiger partial charge in [0.25, 0.3) is 5.91 Å². The summed E-state index contributed by atoms with van der Waals surface area (Å²) in [6, 6.07) is 9.49. The molecule has 38 heavy (non-hydrogen) atoms. The molecule has 4 heterocycles. The Kier molecular flexibility index (Phi) is 7.68. The van der Waals surface area contributed by atoms with Crippen molar-refractivity contribution in [1.29, 1.82) is 0 Å². The fraction of sp³-hybridized carbons (Fsp3) is 0.333. The molecule has 10 nitrogen and oxygen atoms in total. The molecule has 198 valence electrons.